The van der Waals surface area contributed by atoms with E-state index in [1.807, 2.05) is 36.7 Å². The van der Waals surface area contributed by atoms with Gasteiger partial charge in [0.25, 0.3) is 0 Å². The average Bonchev–Trinajstić information content (AvgIpc) is 3.26. The van der Waals surface area contributed by atoms with E-state index in [0.29, 0.717) is 18.0 Å². The van der Waals surface area contributed by atoms with E-state index in [9.17, 15) is 4.79 Å². The van der Waals surface area contributed by atoms with Crippen molar-refractivity contribution in [2.75, 3.05) is 17.7 Å². The molecule has 2 heterocycles. The van der Waals surface area contributed by atoms with Gasteiger partial charge in [-0.05, 0) is 30.5 Å². The zero-order valence-corrected chi connectivity index (χ0v) is 16.5. The number of nitrogens with one attached hydrogen (secondary N) is 2. The zero-order chi connectivity index (χ0) is 18.4. The van der Waals surface area contributed by atoms with Crippen LogP contribution in [0.4, 0.5) is 10.3 Å². The van der Waals surface area contributed by atoms with Crippen LogP contribution in [-0.2, 0) is 17.6 Å². The molecule has 0 saturated carbocycles. The molecular weight excluding hydrogens is 390 g/mol. The summed E-state index contributed by atoms with van der Waals surface area (Å²) in [6, 6.07) is 7.71. The van der Waals surface area contributed by atoms with Gasteiger partial charge in [-0.25, -0.2) is 4.98 Å². The van der Waals surface area contributed by atoms with E-state index in [0.717, 1.165) is 33.7 Å². The van der Waals surface area contributed by atoms with Gasteiger partial charge in [0.2, 0.25) is 11.0 Å². The van der Waals surface area contributed by atoms with Crippen LogP contribution in [0.5, 0.6) is 0 Å². The Labute approximate surface area is 164 Å². The van der Waals surface area contributed by atoms with Crippen molar-refractivity contribution >= 4 is 50.4 Å². The van der Waals surface area contributed by atoms with Crippen molar-refractivity contribution in [3.05, 3.63) is 50.9 Å². The van der Waals surface area contributed by atoms with Crippen LogP contribution in [-0.4, -0.2) is 28.1 Å². The van der Waals surface area contributed by atoms with Gasteiger partial charge < -0.3 is 10.6 Å². The summed E-state index contributed by atoms with van der Waals surface area (Å²) in [5.41, 5.74) is 2.06. The van der Waals surface area contributed by atoms with Crippen LogP contribution in [0.2, 0.25) is 5.02 Å². The molecule has 0 unspecified atom stereocenters. The Hall–Kier alpha value is -2.03. The van der Waals surface area contributed by atoms with E-state index in [-0.39, 0.29) is 5.91 Å². The zero-order valence-electron chi connectivity index (χ0n) is 14.2. The highest BCUT2D eigenvalue weighted by atomic mass is 35.5. The van der Waals surface area contributed by atoms with Gasteiger partial charge in [-0.15, -0.1) is 21.5 Å². The lowest BCUT2D eigenvalue weighted by molar-refractivity contribution is -0.116. The maximum Gasteiger partial charge on any atom is 0.226 e. The van der Waals surface area contributed by atoms with Gasteiger partial charge in [-0.1, -0.05) is 35.1 Å². The molecule has 6 nitrogen and oxygen atoms in total. The van der Waals surface area contributed by atoms with Crippen molar-refractivity contribution < 1.29 is 4.79 Å². The lowest BCUT2D eigenvalue weighted by atomic mass is 10.1. The largest absolute Gasteiger partial charge is 0.363 e. The number of hydrogen-bond donors (Lipinski definition) is 2. The van der Waals surface area contributed by atoms with Crippen molar-refractivity contribution in [2.45, 2.75) is 25.7 Å². The minimum atomic E-state index is -0.0201. The third-order valence-electron chi connectivity index (χ3n) is 3.59. The summed E-state index contributed by atoms with van der Waals surface area (Å²) in [6.07, 6.45) is 2.70. The lowest BCUT2D eigenvalue weighted by Crippen LogP contribution is -2.11. The maximum absolute atomic E-state index is 12.1. The molecule has 1 amide bonds. The Morgan fingerprint density at radius 2 is 2.00 bits per heavy atom. The second-order valence-corrected chi connectivity index (χ2v) is 7.96. The number of benzene rings is 1. The molecule has 3 aromatic rings. The molecule has 0 aliphatic heterocycles. The van der Waals surface area contributed by atoms with Crippen LogP contribution in [0.1, 0.15) is 29.1 Å². The molecule has 9 heteroatoms. The minimum absolute atomic E-state index is 0.0201. The molecule has 0 aliphatic rings. The first kappa shape index (κ1) is 18.8. The molecule has 0 bridgehead atoms. The van der Waals surface area contributed by atoms with Gasteiger partial charge in [0.1, 0.15) is 5.01 Å². The second-order valence-electron chi connectivity index (χ2n) is 5.60. The number of aryl methyl sites for hydroxylation is 1. The number of carbonyl (C=O) groups is 1. The SMILES string of the molecule is CNc1nnc(Cc2csc(NC(=O)CCCc3ccc(Cl)cc3)n2)s1. The molecule has 2 N–H and O–H groups in total. The average molecular weight is 408 g/mol. The Morgan fingerprint density at radius 1 is 1.19 bits per heavy atom. The molecule has 0 atom stereocenters. The van der Waals surface area contributed by atoms with E-state index < -0.39 is 0 Å². The molecule has 0 aliphatic carbocycles. The third-order valence-corrected chi connectivity index (χ3v) is 5.59. The van der Waals surface area contributed by atoms with Gasteiger partial charge in [0.05, 0.1) is 5.69 Å². The first-order valence-corrected chi connectivity index (χ1v) is 10.2. The number of rotatable bonds is 8. The number of amides is 1. The highest BCUT2D eigenvalue weighted by Crippen LogP contribution is 2.21. The van der Waals surface area contributed by atoms with E-state index in [2.05, 4.69) is 25.8 Å². The number of aromatic nitrogens is 3. The molecule has 0 saturated heterocycles. The number of anilines is 2. The fourth-order valence-corrected chi connectivity index (χ4v) is 3.87. The van der Waals surface area contributed by atoms with E-state index in [1.54, 1.807) is 0 Å². The van der Waals surface area contributed by atoms with E-state index >= 15 is 0 Å². The molecule has 3 rings (SSSR count). The summed E-state index contributed by atoms with van der Waals surface area (Å²) < 4.78 is 0. The van der Waals surface area contributed by atoms with Crippen LogP contribution in [0, 0.1) is 0 Å². The van der Waals surface area contributed by atoms with Gasteiger partial charge >= 0.3 is 0 Å². The normalized spacial score (nSPS) is 10.7. The summed E-state index contributed by atoms with van der Waals surface area (Å²) in [6.45, 7) is 0. The van der Waals surface area contributed by atoms with Crippen LogP contribution in [0.3, 0.4) is 0 Å². The fraction of sp³-hybridized carbons (Fsp3) is 0.294. The van der Waals surface area contributed by atoms with Crippen LogP contribution < -0.4 is 10.6 Å². The fourth-order valence-electron chi connectivity index (χ4n) is 2.31. The topological polar surface area (TPSA) is 79.8 Å². The van der Waals surface area contributed by atoms with Gasteiger partial charge in [0, 0.05) is 30.3 Å². The summed E-state index contributed by atoms with van der Waals surface area (Å²) in [5.74, 6) is -0.0201. The lowest BCUT2D eigenvalue weighted by Gasteiger charge is -2.03. The first-order chi connectivity index (χ1) is 12.6. The quantitative estimate of drug-likeness (QED) is 0.583. The van der Waals surface area contributed by atoms with Crippen LogP contribution >= 0.6 is 34.3 Å². The second kappa shape index (κ2) is 9.07. The van der Waals surface area contributed by atoms with Crippen molar-refractivity contribution in [3.63, 3.8) is 0 Å². The molecule has 0 radical (unpaired) electrons. The number of carbonyl (C=O) groups excluding carboxylic acids is 1. The first-order valence-electron chi connectivity index (χ1n) is 8.11. The molecule has 26 heavy (non-hydrogen) atoms. The Bertz CT molecular complexity index is 862. The summed E-state index contributed by atoms with van der Waals surface area (Å²) in [4.78, 5) is 16.5. The Kier molecular flexibility index (Phi) is 6.54. The van der Waals surface area contributed by atoms with Crippen LogP contribution in [0.15, 0.2) is 29.6 Å². The minimum Gasteiger partial charge on any atom is -0.363 e. The molecule has 1 aromatic carbocycles. The van der Waals surface area contributed by atoms with Crippen molar-refractivity contribution in [3.8, 4) is 0 Å². The number of nitrogens with zero attached hydrogens (tertiary/aromatic N) is 3. The van der Waals surface area contributed by atoms with Crippen LogP contribution in [0.25, 0.3) is 0 Å². The van der Waals surface area contributed by atoms with Gasteiger partial charge in [0.15, 0.2) is 5.13 Å². The summed E-state index contributed by atoms with van der Waals surface area (Å²) in [5, 5.41) is 18.9. The van der Waals surface area contributed by atoms with Crippen molar-refractivity contribution in [1.82, 2.24) is 15.2 Å². The molecule has 2 aromatic heterocycles. The van der Waals surface area contributed by atoms with E-state index in [1.165, 1.54) is 28.2 Å². The Morgan fingerprint density at radius 3 is 2.73 bits per heavy atom. The predicted molar refractivity (Wildman–Crippen MR) is 107 cm³/mol. The molecule has 0 fully saturated rings. The molecule has 136 valence electrons. The molecule has 0 spiro atoms. The highest BCUT2D eigenvalue weighted by molar-refractivity contribution is 7.15. The van der Waals surface area contributed by atoms with Crippen molar-refractivity contribution in [1.29, 1.82) is 0 Å². The smallest absolute Gasteiger partial charge is 0.226 e. The summed E-state index contributed by atoms with van der Waals surface area (Å²) in [7, 11) is 1.81. The monoisotopic (exact) mass is 407 g/mol. The summed E-state index contributed by atoms with van der Waals surface area (Å²) >= 11 is 8.79. The third kappa shape index (κ3) is 5.48. The predicted octanol–water partition coefficient (Wildman–Crippen LogP) is 4.24. The maximum atomic E-state index is 12.1. The molecular formula is C17H18ClN5OS2. The van der Waals surface area contributed by atoms with Gasteiger partial charge in [-0.2, -0.15) is 0 Å². The number of thiazole rings is 1. The van der Waals surface area contributed by atoms with Gasteiger partial charge in [-0.3, -0.25) is 4.79 Å². The number of halogens is 1. The highest BCUT2D eigenvalue weighted by Gasteiger charge is 2.10. The van der Waals surface area contributed by atoms with Crippen molar-refractivity contribution in [2.24, 2.45) is 0 Å². The number of hydrogen-bond acceptors (Lipinski definition) is 7. The standard InChI is InChI=1S/C17H18ClN5OS2/c1-19-16-23-22-15(26-16)9-13-10-25-17(20-13)21-14(24)4-2-3-11-5-7-12(18)8-6-11/h5-8,10H,2-4,9H2,1H3,(H,19,23)(H,20,21,24). The Balaban J connectivity index is 1.44. The van der Waals surface area contributed by atoms with E-state index in [4.69, 9.17) is 11.6 Å².